The molecule has 104 valence electrons. The predicted molar refractivity (Wildman–Crippen MR) is 75.9 cm³/mol. The summed E-state index contributed by atoms with van der Waals surface area (Å²) in [5.74, 6) is 1.95. The van der Waals surface area contributed by atoms with E-state index in [1.807, 2.05) is 44.2 Å². The summed E-state index contributed by atoms with van der Waals surface area (Å²) in [7, 11) is 0. The van der Waals surface area contributed by atoms with Crippen molar-refractivity contribution in [1.82, 2.24) is 10.3 Å². The number of hydrogen-bond acceptors (Lipinski definition) is 7. The summed E-state index contributed by atoms with van der Waals surface area (Å²) in [6, 6.07) is 9.70. The van der Waals surface area contributed by atoms with E-state index in [4.69, 9.17) is 16.1 Å². The average Bonchev–Trinajstić information content (AvgIpc) is 2.89. The minimum Gasteiger partial charge on any atom is -0.382 e. The fourth-order valence-electron chi connectivity index (χ4n) is 2.30. The lowest BCUT2D eigenvalue weighted by molar-refractivity contribution is 0.308. The zero-order valence-corrected chi connectivity index (χ0v) is 11.3. The van der Waals surface area contributed by atoms with Crippen LogP contribution in [-0.4, -0.2) is 16.4 Å². The van der Waals surface area contributed by atoms with Gasteiger partial charge in [-0.1, -0.05) is 18.2 Å². The number of rotatable bonds is 2. The van der Waals surface area contributed by atoms with E-state index in [1.165, 1.54) is 0 Å². The highest BCUT2D eigenvalue weighted by molar-refractivity contribution is 5.78. The first-order valence-corrected chi connectivity index (χ1v) is 6.33. The van der Waals surface area contributed by atoms with Gasteiger partial charge in [0, 0.05) is 11.7 Å². The number of hydrogen-bond donors (Lipinski definition) is 2. The molecule has 1 aliphatic rings. The highest BCUT2D eigenvalue weighted by Gasteiger charge is 2.35. The second-order valence-electron chi connectivity index (χ2n) is 4.82. The SMILES string of the molecule is CC(C)N1C(N)=C(N)N(c2ccccc2)c2nonc21. The monoisotopic (exact) mass is 272 g/mol. The van der Waals surface area contributed by atoms with E-state index in [1.54, 1.807) is 9.80 Å². The smallest absolute Gasteiger partial charge is 0.228 e. The van der Waals surface area contributed by atoms with Crippen LogP contribution in [0.1, 0.15) is 13.8 Å². The molecule has 0 atom stereocenters. The van der Waals surface area contributed by atoms with Crippen LogP contribution in [0.15, 0.2) is 46.6 Å². The van der Waals surface area contributed by atoms with Crippen LogP contribution in [0.3, 0.4) is 0 Å². The third kappa shape index (κ3) is 1.67. The van der Waals surface area contributed by atoms with E-state index in [9.17, 15) is 0 Å². The second-order valence-corrected chi connectivity index (χ2v) is 4.82. The topological polar surface area (TPSA) is 97.4 Å². The number of anilines is 3. The molecule has 0 amide bonds. The molecule has 1 aromatic carbocycles. The molecule has 2 aromatic rings. The van der Waals surface area contributed by atoms with Crippen LogP contribution >= 0.6 is 0 Å². The Morgan fingerprint density at radius 3 is 2.30 bits per heavy atom. The highest BCUT2D eigenvalue weighted by atomic mass is 16.6. The van der Waals surface area contributed by atoms with Gasteiger partial charge in [0.05, 0.1) is 0 Å². The van der Waals surface area contributed by atoms with Crippen molar-refractivity contribution < 1.29 is 4.63 Å². The van der Waals surface area contributed by atoms with Crippen LogP contribution in [-0.2, 0) is 0 Å². The van der Waals surface area contributed by atoms with Gasteiger partial charge in [0.15, 0.2) is 5.82 Å². The number of benzene rings is 1. The number of fused-ring (bicyclic) bond motifs is 1. The number of para-hydroxylation sites is 1. The molecule has 0 bridgehead atoms. The van der Waals surface area contributed by atoms with Crippen molar-refractivity contribution >= 4 is 17.3 Å². The fraction of sp³-hybridized carbons (Fsp3) is 0.231. The third-order valence-electron chi connectivity index (χ3n) is 3.19. The van der Waals surface area contributed by atoms with Crippen LogP contribution in [0.4, 0.5) is 17.3 Å². The van der Waals surface area contributed by atoms with Crippen LogP contribution < -0.4 is 21.3 Å². The predicted octanol–water partition coefficient (Wildman–Crippen LogP) is 1.48. The molecule has 7 nitrogen and oxygen atoms in total. The second kappa shape index (κ2) is 4.44. The molecule has 20 heavy (non-hydrogen) atoms. The summed E-state index contributed by atoms with van der Waals surface area (Å²) in [5, 5.41) is 7.91. The Labute approximate surface area is 116 Å². The molecule has 0 radical (unpaired) electrons. The number of aromatic nitrogens is 2. The zero-order valence-electron chi connectivity index (χ0n) is 11.3. The van der Waals surface area contributed by atoms with Crippen molar-refractivity contribution in [2.75, 3.05) is 9.80 Å². The first-order valence-electron chi connectivity index (χ1n) is 6.33. The van der Waals surface area contributed by atoms with Crippen molar-refractivity contribution in [1.29, 1.82) is 0 Å². The number of nitrogens with two attached hydrogens (primary N) is 2. The molecule has 0 fully saturated rings. The lowest BCUT2D eigenvalue weighted by Crippen LogP contribution is -2.44. The molecular weight excluding hydrogens is 256 g/mol. The molecule has 0 saturated carbocycles. The Hall–Kier alpha value is -2.70. The summed E-state index contributed by atoms with van der Waals surface area (Å²) in [5.41, 5.74) is 13.2. The summed E-state index contributed by atoms with van der Waals surface area (Å²) in [6.07, 6.45) is 0. The minimum atomic E-state index is 0.0946. The Balaban J connectivity index is 2.18. The molecule has 0 aliphatic carbocycles. The molecule has 1 aromatic heterocycles. The largest absolute Gasteiger partial charge is 0.382 e. The van der Waals surface area contributed by atoms with Gasteiger partial charge in [0.2, 0.25) is 11.6 Å². The Morgan fingerprint density at radius 2 is 1.65 bits per heavy atom. The van der Waals surface area contributed by atoms with E-state index >= 15 is 0 Å². The molecular formula is C13H16N6O. The molecule has 4 N–H and O–H groups in total. The van der Waals surface area contributed by atoms with Crippen molar-refractivity contribution in [3.63, 3.8) is 0 Å². The minimum absolute atomic E-state index is 0.0946. The lowest BCUT2D eigenvalue weighted by Gasteiger charge is -2.36. The molecule has 0 spiro atoms. The van der Waals surface area contributed by atoms with E-state index in [0.29, 0.717) is 23.3 Å². The van der Waals surface area contributed by atoms with Gasteiger partial charge in [-0.3, -0.25) is 4.90 Å². The van der Waals surface area contributed by atoms with E-state index in [2.05, 4.69) is 10.3 Å². The molecule has 7 heteroatoms. The molecule has 0 unspecified atom stereocenters. The van der Waals surface area contributed by atoms with Gasteiger partial charge in [-0.2, -0.15) is 0 Å². The normalized spacial score (nSPS) is 14.9. The van der Waals surface area contributed by atoms with Gasteiger partial charge in [-0.25, -0.2) is 4.63 Å². The van der Waals surface area contributed by atoms with Gasteiger partial charge in [0.25, 0.3) is 0 Å². The quantitative estimate of drug-likeness (QED) is 0.854. The van der Waals surface area contributed by atoms with Crippen LogP contribution in [0.5, 0.6) is 0 Å². The summed E-state index contributed by atoms with van der Waals surface area (Å²) in [6.45, 7) is 3.99. The number of nitrogens with zero attached hydrogens (tertiary/aromatic N) is 4. The van der Waals surface area contributed by atoms with Crippen molar-refractivity contribution in [2.45, 2.75) is 19.9 Å². The van der Waals surface area contributed by atoms with Crippen LogP contribution in [0, 0.1) is 0 Å². The lowest BCUT2D eigenvalue weighted by atomic mass is 10.2. The van der Waals surface area contributed by atoms with Gasteiger partial charge in [-0.05, 0) is 36.3 Å². The standard InChI is InChI=1S/C13H16N6O/c1-8(2)18-10(14)11(15)19(9-6-4-3-5-7-9)13-12(18)16-20-17-13/h3-8H,14-15H2,1-2H3. The maximum Gasteiger partial charge on any atom is 0.228 e. The maximum absolute atomic E-state index is 6.19. The average molecular weight is 272 g/mol. The molecule has 0 saturated heterocycles. The summed E-state index contributed by atoms with van der Waals surface area (Å²) < 4.78 is 4.88. The van der Waals surface area contributed by atoms with Gasteiger partial charge >= 0.3 is 0 Å². The highest BCUT2D eigenvalue weighted by Crippen LogP contribution is 2.39. The first kappa shape index (κ1) is 12.3. The van der Waals surface area contributed by atoms with E-state index < -0.39 is 0 Å². The third-order valence-corrected chi connectivity index (χ3v) is 3.19. The van der Waals surface area contributed by atoms with Crippen LogP contribution in [0.25, 0.3) is 0 Å². The van der Waals surface area contributed by atoms with E-state index in [0.717, 1.165) is 5.69 Å². The van der Waals surface area contributed by atoms with Gasteiger partial charge < -0.3 is 16.4 Å². The van der Waals surface area contributed by atoms with E-state index in [-0.39, 0.29) is 6.04 Å². The van der Waals surface area contributed by atoms with Gasteiger partial charge in [-0.15, -0.1) is 0 Å². The molecule has 2 heterocycles. The van der Waals surface area contributed by atoms with Crippen molar-refractivity contribution in [3.8, 4) is 0 Å². The Bertz CT molecular complexity index is 648. The zero-order chi connectivity index (χ0) is 14.3. The fourth-order valence-corrected chi connectivity index (χ4v) is 2.30. The summed E-state index contributed by atoms with van der Waals surface area (Å²) >= 11 is 0. The Kier molecular flexibility index (Phi) is 2.74. The summed E-state index contributed by atoms with van der Waals surface area (Å²) in [4.78, 5) is 3.54. The molecule has 3 rings (SSSR count). The Morgan fingerprint density at radius 1 is 1.00 bits per heavy atom. The van der Waals surface area contributed by atoms with Crippen molar-refractivity contribution in [2.24, 2.45) is 11.5 Å². The molecule has 1 aliphatic heterocycles. The van der Waals surface area contributed by atoms with Crippen molar-refractivity contribution in [3.05, 3.63) is 42.0 Å². The first-order chi connectivity index (χ1) is 9.61. The van der Waals surface area contributed by atoms with Gasteiger partial charge in [0.1, 0.15) is 5.82 Å². The van der Waals surface area contributed by atoms with Crippen LogP contribution in [0.2, 0.25) is 0 Å². The maximum atomic E-state index is 6.19.